The molecule has 0 radical (unpaired) electrons. The average molecular weight is 361 g/mol. The number of carbonyl (C=O) groups excluding carboxylic acids is 1. The van der Waals surface area contributed by atoms with Crippen LogP contribution in [0, 0.1) is 5.92 Å². The highest BCUT2D eigenvalue weighted by atomic mass is 79.9. The Morgan fingerprint density at radius 3 is 2.77 bits per heavy atom. The number of fused-ring (bicyclic) bond motifs is 1. The number of rotatable bonds is 2. The third kappa shape index (κ3) is 3.14. The number of anilines is 1. The van der Waals surface area contributed by atoms with Crippen LogP contribution >= 0.6 is 15.9 Å². The van der Waals surface area contributed by atoms with Gasteiger partial charge in [0, 0.05) is 15.9 Å². The first-order chi connectivity index (χ1) is 10.5. The van der Waals surface area contributed by atoms with Crippen molar-refractivity contribution in [2.75, 3.05) is 5.32 Å². The number of aryl methyl sites for hydroxylation is 1. The van der Waals surface area contributed by atoms with Gasteiger partial charge in [0.15, 0.2) is 0 Å². The van der Waals surface area contributed by atoms with Crippen molar-refractivity contribution in [3.05, 3.63) is 62.0 Å². The highest BCUT2D eigenvalue weighted by Crippen LogP contribution is 2.23. The van der Waals surface area contributed by atoms with Gasteiger partial charge in [0.05, 0.1) is 0 Å². The normalized spacial score (nSPS) is 16.9. The molecule has 1 aliphatic rings. The van der Waals surface area contributed by atoms with Crippen LogP contribution in [0.4, 0.5) is 5.69 Å². The molecule has 1 unspecified atom stereocenters. The van der Waals surface area contributed by atoms with Gasteiger partial charge in [0.25, 0.3) is 11.5 Å². The molecule has 1 atom stereocenters. The van der Waals surface area contributed by atoms with Gasteiger partial charge in [-0.25, -0.2) is 0 Å². The number of H-pyrrole nitrogens is 1. The zero-order chi connectivity index (χ0) is 15.7. The maximum Gasteiger partial charge on any atom is 0.261 e. The Kier molecular flexibility index (Phi) is 4.16. The van der Waals surface area contributed by atoms with Crippen molar-refractivity contribution in [1.82, 2.24) is 4.98 Å². The lowest BCUT2D eigenvalue weighted by atomic mass is 9.87. The van der Waals surface area contributed by atoms with E-state index in [0.29, 0.717) is 11.6 Å². The van der Waals surface area contributed by atoms with Crippen molar-refractivity contribution in [2.24, 2.45) is 5.92 Å². The molecular weight excluding hydrogens is 344 g/mol. The molecule has 3 rings (SSSR count). The van der Waals surface area contributed by atoms with Gasteiger partial charge in [0.2, 0.25) is 0 Å². The lowest BCUT2D eigenvalue weighted by molar-refractivity contribution is 0.102. The molecule has 1 aromatic heterocycles. The SMILES string of the molecule is CC1CCc2[nH]c(=O)c(C(=O)Nc3ccc(Br)cc3)cc2C1. The predicted molar refractivity (Wildman–Crippen MR) is 90.3 cm³/mol. The molecule has 1 aromatic carbocycles. The van der Waals surface area contributed by atoms with E-state index in [-0.39, 0.29) is 17.0 Å². The quantitative estimate of drug-likeness (QED) is 0.860. The van der Waals surface area contributed by atoms with Crippen LogP contribution in [-0.2, 0) is 12.8 Å². The van der Waals surface area contributed by atoms with Gasteiger partial charge < -0.3 is 10.3 Å². The molecule has 0 fully saturated rings. The Labute approximate surface area is 137 Å². The van der Waals surface area contributed by atoms with Gasteiger partial charge in [-0.2, -0.15) is 0 Å². The summed E-state index contributed by atoms with van der Waals surface area (Å²) < 4.78 is 0.936. The van der Waals surface area contributed by atoms with E-state index in [1.165, 1.54) is 0 Å². The van der Waals surface area contributed by atoms with Crippen molar-refractivity contribution < 1.29 is 4.79 Å². The van der Waals surface area contributed by atoms with Crippen molar-refractivity contribution in [3.63, 3.8) is 0 Å². The maximum absolute atomic E-state index is 12.3. The summed E-state index contributed by atoms with van der Waals surface area (Å²) in [5.41, 5.74) is 2.58. The largest absolute Gasteiger partial charge is 0.325 e. The molecule has 22 heavy (non-hydrogen) atoms. The van der Waals surface area contributed by atoms with Gasteiger partial charge in [-0.3, -0.25) is 9.59 Å². The Balaban J connectivity index is 1.87. The van der Waals surface area contributed by atoms with Crippen LogP contribution in [0.1, 0.15) is 35.0 Å². The van der Waals surface area contributed by atoms with Crippen molar-refractivity contribution in [1.29, 1.82) is 0 Å². The Morgan fingerprint density at radius 1 is 1.32 bits per heavy atom. The van der Waals surface area contributed by atoms with Gasteiger partial charge in [-0.15, -0.1) is 0 Å². The molecule has 2 aromatic rings. The fourth-order valence-electron chi connectivity index (χ4n) is 2.79. The molecule has 5 heteroatoms. The minimum absolute atomic E-state index is 0.177. The van der Waals surface area contributed by atoms with E-state index in [1.807, 2.05) is 12.1 Å². The monoisotopic (exact) mass is 360 g/mol. The minimum atomic E-state index is -0.371. The summed E-state index contributed by atoms with van der Waals surface area (Å²) in [5.74, 6) is 0.213. The molecule has 0 saturated carbocycles. The second-order valence-corrected chi connectivity index (χ2v) is 6.74. The van der Waals surface area contributed by atoms with Crippen molar-refractivity contribution in [2.45, 2.75) is 26.2 Å². The third-order valence-corrected chi connectivity index (χ3v) is 4.55. The van der Waals surface area contributed by atoms with Crippen LogP contribution in [0.2, 0.25) is 0 Å². The molecule has 4 nitrogen and oxygen atoms in total. The van der Waals surface area contributed by atoms with Crippen LogP contribution in [0.5, 0.6) is 0 Å². The third-order valence-electron chi connectivity index (χ3n) is 4.02. The highest BCUT2D eigenvalue weighted by Gasteiger charge is 2.20. The van der Waals surface area contributed by atoms with Crippen LogP contribution in [-0.4, -0.2) is 10.9 Å². The van der Waals surface area contributed by atoms with E-state index >= 15 is 0 Å². The van der Waals surface area contributed by atoms with Crippen LogP contribution < -0.4 is 10.9 Å². The van der Waals surface area contributed by atoms with Gasteiger partial charge in [0.1, 0.15) is 5.56 Å². The molecule has 0 bridgehead atoms. The lowest BCUT2D eigenvalue weighted by Crippen LogP contribution is -2.27. The summed E-state index contributed by atoms with van der Waals surface area (Å²) in [4.78, 5) is 27.3. The zero-order valence-electron chi connectivity index (χ0n) is 12.3. The molecule has 114 valence electrons. The number of hydrogen-bond donors (Lipinski definition) is 2. The molecule has 1 aliphatic carbocycles. The van der Waals surface area contributed by atoms with E-state index < -0.39 is 0 Å². The molecule has 0 saturated heterocycles. The molecule has 1 amide bonds. The number of hydrogen-bond acceptors (Lipinski definition) is 2. The van der Waals surface area contributed by atoms with E-state index in [2.05, 4.69) is 33.2 Å². The number of halogens is 1. The molecule has 0 aliphatic heterocycles. The first-order valence-corrected chi connectivity index (χ1v) is 8.14. The molecular formula is C17H17BrN2O2. The number of benzene rings is 1. The Morgan fingerprint density at radius 2 is 2.05 bits per heavy atom. The second kappa shape index (κ2) is 6.08. The van der Waals surface area contributed by atoms with Gasteiger partial charge in [-0.05, 0) is 61.1 Å². The molecule has 0 spiro atoms. The standard InChI is InChI=1S/C17H17BrN2O2/c1-10-2-7-15-11(8-10)9-14(17(22)20-15)16(21)19-13-5-3-12(18)4-6-13/h3-6,9-10H,2,7-8H2,1H3,(H,19,21)(H,20,22). The Hall–Kier alpha value is -1.88. The molecule has 1 heterocycles. The van der Waals surface area contributed by atoms with Crippen molar-refractivity contribution >= 4 is 27.5 Å². The van der Waals surface area contributed by atoms with Gasteiger partial charge in [-0.1, -0.05) is 22.9 Å². The smallest absolute Gasteiger partial charge is 0.261 e. The highest BCUT2D eigenvalue weighted by molar-refractivity contribution is 9.10. The number of amides is 1. The lowest BCUT2D eigenvalue weighted by Gasteiger charge is -2.21. The molecule has 2 N–H and O–H groups in total. The summed E-state index contributed by atoms with van der Waals surface area (Å²) in [5, 5.41) is 2.76. The van der Waals surface area contributed by atoms with E-state index in [4.69, 9.17) is 0 Å². The fraction of sp³-hybridized carbons (Fsp3) is 0.294. The fourth-order valence-corrected chi connectivity index (χ4v) is 3.05. The summed E-state index contributed by atoms with van der Waals surface area (Å²) in [6.45, 7) is 2.19. The zero-order valence-corrected chi connectivity index (χ0v) is 13.9. The first kappa shape index (κ1) is 15.0. The second-order valence-electron chi connectivity index (χ2n) is 5.82. The number of carbonyl (C=O) groups is 1. The Bertz CT molecular complexity index is 765. The van der Waals surface area contributed by atoms with E-state index in [1.54, 1.807) is 18.2 Å². The number of nitrogens with one attached hydrogen (secondary N) is 2. The van der Waals surface area contributed by atoms with Crippen LogP contribution in [0.15, 0.2) is 39.6 Å². The minimum Gasteiger partial charge on any atom is -0.325 e. The predicted octanol–water partition coefficient (Wildman–Crippen LogP) is 3.51. The first-order valence-electron chi connectivity index (χ1n) is 7.35. The van der Waals surface area contributed by atoms with Crippen LogP contribution in [0.25, 0.3) is 0 Å². The summed E-state index contributed by atoms with van der Waals surface area (Å²) in [7, 11) is 0. The average Bonchev–Trinajstić information content (AvgIpc) is 2.49. The summed E-state index contributed by atoms with van der Waals surface area (Å²) >= 11 is 3.35. The van der Waals surface area contributed by atoms with Crippen molar-refractivity contribution in [3.8, 4) is 0 Å². The summed E-state index contributed by atoms with van der Waals surface area (Å²) in [6, 6.07) is 9.01. The number of pyridine rings is 1. The summed E-state index contributed by atoms with van der Waals surface area (Å²) in [6.07, 6.45) is 2.86. The van der Waals surface area contributed by atoms with Gasteiger partial charge >= 0.3 is 0 Å². The maximum atomic E-state index is 12.3. The van der Waals surface area contributed by atoms with E-state index in [0.717, 1.165) is 35.0 Å². The van der Waals surface area contributed by atoms with Crippen LogP contribution in [0.3, 0.4) is 0 Å². The number of aromatic amines is 1. The number of aromatic nitrogens is 1. The topological polar surface area (TPSA) is 62.0 Å². The van der Waals surface area contributed by atoms with E-state index in [9.17, 15) is 9.59 Å².